The fourth-order valence-corrected chi connectivity index (χ4v) is 3.64. The van der Waals surface area contributed by atoms with Gasteiger partial charge in [-0.1, -0.05) is 24.3 Å². The third-order valence-corrected chi connectivity index (χ3v) is 5.38. The molecule has 0 unspecified atom stereocenters. The number of anilines is 3. The van der Waals surface area contributed by atoms with Crippen LogP contribution in [-0.2, 0) is 0 Å². The van der Waals surface area contributed by atoms with Crippen molar-refractivity contribution < 1.29 is 9.59 Å². The van der Waals surface area contributed by atoms with Gasteiger partial charge in [-0.15, -0.1) is 0 Å². The summed E-state index contributed by atoms with van der Waals surface area (Å²) in [6.07, 6.45) is 2.46. The van der Waals surface area contributed by atoms with Gasteiger partial charge in [-0.05, 0) is 73.9 Å². The molecule has 0 aliphatic carbocycles. The van der Waals surface area contributed by atoms with Crippen molar-refractivity contribution in [2.24, 2.45) is 0 Å². The molecular weight excluding hydrogens is 374 g/mol. The zero-order valence-electron chi connectivity index (χ0n) is 17.0. The number of aryl methyl sites for hydroxylation is 1. The lowest BCUT2D eigenvalue weighted by atomic mass is 10.1. The van der Waals surface area contributed by atoms with E-state index in [9.17, 15) is 9.59 Å². The molecule has 2 amide bonds. The number of benzene rings is 3. The van der Waals surface area contributed by atoms with Crippen LogP contribution in [0.15, 0.2) is 72.8 Å². The Bertz CT molecular complexity index is 1050. The Hall–Kier alpha value is -3.60. The number of hydrogen-bond donors (Lipinski definition) is 2. The maximum atomic E-state index is 12.7. The molecule has 1 saturated heterocycles. The Labute approximate surface area is 176 Å². The third-order valence-electron chi connectivity index (χ3n) is 5.38. The van der Waals surface area contributed by atoms with Crippen molar-refractivity contribution in [2.75, 3.05) is 28.6 Å². The average molecular weight is 399 g/mol. The zero-order valence-corrected chi connectivity index (χ0v) is 17.0. The number of carbonyl (C=O) groups excluding carboxylic acids is 2. The van der Waals surface area contributed by atoms with Crippen LogP contribution in [0, 0.1) is 6.92 Å². The molecule has 5 nitrogen and oxygen atoms in total. The van der Waals surface area contributed by atoms with Gasteiger partial charge >= 0.3 is 0 Å². The molecule has 152 valence electrons. The molecule has 5 heteroatoms. The summed E-state index contributed by atoms with van der Waals surface area (Å²) < 4.78 is 0. The second-order valence-corrected chi connectivity index (χ2v) is 7.55. The van der Waals surface area contributed by atoms with Gasteiger partial charge < -0.3 is 15.5 Å². The Morgan fingerprint density at radius 2 is 1.40 bits per heavy atom. The lowest BCUT2D eigenvalue weighted by Gasteiger charge is -2.17. The minimum absolute atomic E-state index is 0.241. The molecule has 30 heavy (non-hydrogen) atoms. The summed E-state index contributed by atoms with van der Waals surface area (Å²) in [5.74, 6) is -0.483. The Morgan fingerprint density at radius 1 is 0.767 bits per heavy atom. The summed E-state index contributed by atoms with van der Waals surface area (Å²) in [5, 5.41) is 5.81. The first-order valence-corrected chi connectivity index (χ1v) is 10.2. The lowest BCUT2D eigenvalue weighted by Crippen LogP contribution is -2.18. The lowest BCUT2D eigenvalue weighted by molar-refractivity contribution is 0.102. The summed E-state index contributed by atoms with van der Waals surface area (Å²) in [7, 11) is 0. The van der Waals surface area contributed by atoms with Gasteiger partial charge in [0.15, 0.2) is 0 Å². The first-order chi connectivity index (χ1) is 14.6. The van der Waals surface area contributed by atoms with Gasteiger partial charge in [0.25, 0.3) is 11.8 Å². The highest BCUT2D eigenvalue weighted by Crippen LogP contribution is 2.22. The maximum Gasteiger partial charge on any atom is 0.255 e. The predicted molar refractivity (Wildman–Crippen MR) is 121 cm³/mol. The molecule has 3 aromatic rings. The van der Waals surface area contributed by atoms with E-state index >= 15 is 0 Å². The van der Waals surface area contributed by atoms with Crippen molar-refractivity contribution in [3.05, 3.63) is 89.5 Å². The van der Waals surface area contributed by atoms with E-state index in [2.05, 4.69) is 15.5 Å². The van der Waals surface area contributed by atoms with Crippen LogP contribution in [0.2, 0.25) is 0 Å². The molecule has 0 atom stereocenters. The van der Waals surface area contributed by atoms with E-state index in [0.29, 0.717) is 11.1 Å². The molecule has 0 radical (unpaired) electrons. The summed E-state index contributed by atoms with van der Waals surface area (Å²) in [5.41, 5.74) is 4.54. The number of carbonyl (C=O) groups is 2. The monoisotopic (exact) mass is 399 g/mol. The van der Waals surface area contributed by atoms with Crippen LogP contribution in [0.1, 0.15) is 39.1 Å². The van der Waals surface area contributed by atoms with E-state index in [0.717, 1.165) is 30.0 Å². The SMILES string of the molecule is Cc1ccccc1NC(=O)c1cccc(C(=O)Nc2ccc(N3CCCC3)cc2)c1. The van der Waals surface area contributed by atoms with Crippen LogP contribution in [0.25, 0.3) is 0 Å². The zero-order chi connectivity index (χ0) is 20.9. The van der Waals surface area contributed by atoms with E-state index in [4.69, 9.17) is 0 Å². The minimum atomic E-state index is -0.242. The molecule has 1 heterocycles. The number of hydrogen-bond acceptors (Lipinski definition) is 3. The first-order valence-electron chi connectivity index (χ1n) is 10.2. The van der Waals surface area contributed by atoms with Crippen molar-refractivity contribution in [1.29, 1.82) is 0 Å². The smallest absolute Gasteiger partial charge is 0.255 e. The highest BCUT2D eigenvalue weighted by Gasteiger charge is 2.14. The van der Waals surface area contributed by atoms with Crippen LogP contribution in [0.5, 0.6) is 0 Å². The highest BCUT2D eigenvalue weighted by atomic mass is 16.2. The second kappa shape index (κ2) is 8.82. The van der Waals surface area contributed by atoms with E-state index in [1.165, 1.54) is 18.5 Å². The number of amides is 2. The van der Waals surface area contributed by atoms with E-state index in [1.54, 1.807) is 24.3 Å². The van der Waals surface area contributed by atoms with Crippen molar-refractivity contribution in [2.45, 2.75) is 19.8 Å². The molecule has 4 rings (SSSR count). The molecule has 1 aliphatic rings. The van der Waals surface area contributed by atoms with Crippen molar-refractivity contribution in [3.8, 4) is 0 Å². The Kier molecular flexibility index (Phi) is 5.80. The highest BCUT2D eigenvalue weighted by molar-refractivity contribution is 6.08. The van der Waals surface area contributed by atoms with Crippen molar-refractivity contribution in [1.82, 2.24) is 0 Å². The fourth-order valence-electron chi connectivity index (χ4n) is 3.64. The standard InChI is InChI=1S/C25H25N3O2/c1-18-7-2-3-10-23(18)27-25(30)20-9-6-8-19(17-20)24(29)26-21-11-13-22(14-12-21)28-15-4-5-16-28/h2-3,6-14,17H,4-5,15-16H2,1H3,(H,26,29)(H,27,30). The van der Waals surface area contributed by atoms with Gasteiger partial charge in [-0.3, -0.25) is 9.59 Å². The molecule has 2 N–H and O–H groups in total. The summed E-state index contributed by atoms with van der Waals surface area (Å²) in [6.45, 7) is 4.11. The first kappa shape index (κ1) is 19.7. The van der Waals surface area contributed by atoms with E-state index in [1.807, 2.05) is 55.5 Å². The van der Waals surface area contributed by atoms with Crippen LogP contribution < -0.4 is 15.5 Å². The quantitative estimate of drug-likeness (QED) is 0.627. The third kappa shape index (κ3) is 4.51. The fraction of sp³-hybridized carbons (Fsp3) is 0.200. The topological polar surface area (TPSA) is 61.4 Å². The van der Waals surface area contributed by atoms with Gasteiger partial charge in [0.1, 0.15) is 0 Å². The summed E-state index contributed by atoms with van der Waals surface area (Å²) >= 11 is 0. The summed E-state index contributed by atoms with van der Waals surface area (Å²) in [6, 6.07) is 22.2. The number of para-hydroxylation sites is 1. The number of nitrogens with one attached hydrogen (secondary N) is 2. The number of nitrogens with zero attached hydrogens (tertiary/aromatic N) is 1. The molecule has 0 saturated carbocycles. The molecular formula is C25H25N3O2. The van der Waals surface area contributed by atoms with Crippen LogP contribution in [0.3, 0.4) is 0 Å². The van der Waals surface area contributed by atoms with Gasteiger partial charge in [0, 0.05) is 41.3 Å². The second-order valence-electron chi connectivity index (χ2n) is 7.55. The molecule has 0 bridgehead atoms. The van der Waals surface area contributed by atoms with Gasteiger partial charge in [0.2, 0.25) is 0 Å². The van der Waals surface area contributed by atoms with Gasteiger partial charge in [-0.25, -0.2) is 0 Å². The predicted octanol–water partition coefficient (Wildman–Crippen LogP) is 5.10. The average Bonchev–Trinajstić information content (AvgIpc) is 3.31. The van der Waals surface area contributed by atoms with Gasteiger partial charge in [0.05, 0.1) is 0 Å². The van der Waals surface area contributed by atoms with E-state index in [-0.39, 0.29) is 11.8 Å². The molecule has 1 aliphatic heterocycles. The van der Waals surface area contributed by atoms with E-state index < -0.39 is 0 Å². The molecule has 1 fully saturated rings. The maximum absolute atomic E-state index is 12.7. The molecule has 0 aromatic heterocycles. The van der Waals surface area contributed by atoms with Gasteiger partial charge in [-0.2, -0.15) is 0 Å². The Balaban J connectivity index is 1.43. The van der Waals surface area contributed by atoms with Crippen LogP contribution in [-0.4, -0.2) is 24.9 Å². The van der Waals surface area contributed by atoms with Crippen LogP contribution in [0.4, 0.5) is 17.1 Å². The van der Waals surface area contributed by atoms with Crippen molar-refractivity contribution >= 4 is 28.9 Å². The molecule has 0 spiro atoms. The summed E-state index contributed by atoms with van der Waals surface area (Å²) in [4.78, 5) is 27.7. The number of rotatable bonds is 5. The minimum Gasteiger partial charge on any atom is -0.372 e. The normalized spacial score (nSPS) is 13.2. The largest absolute Gasteiger partial charge is 0.372 e. The molecule has 3 aromatic carbocycles. The van der Waals surface area contributed by atoms with Crippen LogP contribution >= 0.6 is 0 Å². The van der Waals surface area contributed by atoms with Crippen molar-refractivity contribution in [3.63, 3.8) is 0 Å². The Morgan fingerprint density at radius 3 is 2.07 bits per heavy atom.